The first-order valence-electron chi connectivity index (χ1n) is 6.90. The van der Waals surface area contributed by atoms with Crippen molar-refractivity contribution in [2.75, 3.05) is 0 Å². The summed E-state index contributed by atoms with van der Waals surface area (Å²) in [5, 5.41) is 1.15. The fraction of sp³-hybridized carbons (Fsp3) is 0.250. The second kappa shape index (κ2) is 5.43. The summed E-state index contributed by atoms with van der Waals surface area (Å²) in [6.45, 7) is 2.11. The molecule has 3 aromatic rings. The lowest BCUT2D eigenvalue weighted by Crippen LogP contribution is -2.22. The van der Waals surface area contributed by atoms with Gasteiger partial charge in [0.2, 0.25) is 0 Å². The minimum absolute atomic E-state index is 0.153. The molecule has 3 rings (SSSR count). The highest BCUT2D eigenvalue weighted by atomic mass is 15.1. The Morgan fingerprint density at radius 3 is 2.90 bits per heavy atom. The van der Waals surface area contributed by atoms with Crippen LogP contribution >= 0.6 is 0 Å². The molecule has 0 bridgehead atoms. The molecule has 0 aliphatic carbocycles. The standard InChI is InChI=1S/C16H18N4/c1-2-14(17)10-13-9-12-5-3-4-6-15(12)19-16(13)20-8-7-18-11-20/h3-9,11,14H,2,10,17H2,1H3. The molecule has 4 heteroatoms. The van der Waals surface area contributed by atoms with E-state index in [1.165, 1.54) is 0 Å². The van der Waals surface area contributed by atoms with Crippen molar-refractivity contribution in [2.24, 2.45) is 5.73 Å². The number of aromatic nitrogens is 3. The van der Waals surface area contributed by atoms with Crippen LogP contribution < -0.4 is 5.73 Å². The minimum atomic E-state index is 0.153. The molecule has 1 unspecified atom stereocenters. The van der Waals surface area contributed by atoms with Crippen LogP contribution in [0.1, 0.15) is 18.9 Å². The molecule has 0 aliphatic heterocycles. The molecule has 0 aliphatic rings. The number of benzene rings is 1. The monoisotopic (exact) mass is 266 g/mol. The zero-order valence-corrected chi connectivity index (χ0v) is 11.5. The van der Waals surface area contributed by atoms with Gasteiger partial charge in [0.1, 0.15) is 12.1 Å². The number of fused-ring (bicyclic) bond motifs is 1. The maximum absolute atomic E-state index is 6.12. The smallest absolute Gasteiger partial charge is 0.141 e. The summed E-state index contributed by atoms with van der Waals surface area (Å²) in [4.78, 5) is 8.88. The molecule has 2 N–H and O–H groups in total. The Hall–Kier alpha value is -2.20. The maximum Gasteiger partial charge on any atom is 0.141 e. The number of hydrogen-bond donors (Lipinski definition) is 1. The van der Waals surface area contributed by atoms with E-state index in [1.54, 1.807) is 12.5 Å². The van der Waals surface area contributed by atoms with Gasteiger partial charge in [-0.2, -0.15) is 0 Å². The number of rotatable bonds is 4. The molecule has 0 spiro atoms. The zero-order chi connectivity index (χ0) is 13.9. The largest absolute Gasteiger partial charge is 0.327 e. The van der Waals surface area contributed by atoms with Crippen molar-refractivity contribution < 1.29 is 0 Å². The third-order valence-electron chi connectivity index (χ3n) is 3.54. The van der Waals surface area contributed by atoms with E-state index in [2.05, 4.69) is 24.0 Å². The molecule has 2 heterocycles. The van der Waals surface area contributed by atoms with Gasteiger partial charge < -0.3 is 5.73 Å². The van der Waals surface area contributed by atoms with Gasteiger partial charge in [-0.05, 0) is 30.5 Å². The highest BCUT2D eigenvalue weighted by molar-refractivity contribution is 5.80. The molecule has 0 amide bonds. The molecule has 0 fully saturated rings. The van der Waals surface area contributed by atoms with Gasteiger partial charge in [0.15, 0.2) is 0 Å². The highest BCUT2D eigenvalue weighted by Gasteiger charge is 2.11. The summed E-state index contributed by atoms with van der Waals surface area (Å²) in [6, 6.07) is 10.5. The van der Waals surface area contributed by atoms with Crippen LogP contribution in [-0.2, 0) is 6.42 Å². The number of pyridine rings is 1. The van der Waals surface area contributed by atoms with Crippen LogP contribution in [0.4, 0.5) is 0 Å². The fourth-order valence-corrected chi connectivity index (χ4v) is 2.33. The fourth-order valence-electron chi connectivity index (χ4n) is 2.33. The number of hydrogen-bond acceptors (Lipinski definition) is 3. The summed E-state index contributed by atoms with van der Waals surface area (Å²) in [5.41, 5.74) is 8.27. The van der Waals surface area contributed by atoms with Gasteiger partial charge in [0.05, 0.1) is 5.52 Å². The second-order valence-electron chi connectivity index (χ2n) is 5.01. The molecule has 20 heavy (non-hydrogen) atoms. The third-order valence-corrected chi connectivity index (χ3v) is 3.54. The van der Waals surface area contributed by atoms with Gasteiger partial charge >= 0.3 is 0 Å². The molecule has 102 valence electrons. The number of para-hydroxylation sites is 1. The lowest BCUT2D eigenvalue weighted by Gasteiger charge is -2.14. The molecular weight excluding hydrogens is 248 g/mol. The van der Waals surface area contributed by atoms with E-state index in [4.69, 9.17) is 10.7 Å². The van der Waals surface area contributed by atoms with E-state index in [0.29, 0.717) is 0 Å². The number of nitrogens with two attached hydrogens (primary N) is 1. The molecule has 0 saturated carbocycles. The van der Waals surface area contributed by atoms with Gasteiger partial charge in [0, 0.05) is 23.8 Å². The molecule has 1 atom stereocenters. The van der Waals surface area contributed by atoms with Crippen molar-refractivity contribution in [2.45, 2.75) is 25.8 Å². The molecule has 0 saturated heterocycles. The summed E-state index contributed by atoms with van der Waals surface area (Å²) < 4.78 is 1.95. The van der Waals surface area contributed by atoms with Gasteiger partial charge in [0.25, 0.3) is 0 Å². The SMILES string of the molecule is CCC(N)Cc1cc2ccccc2nc1-n1ccnc1. The molecule has 2 aromatic heterocycles. The molecule has 0 radical (unpaired) electrons. The van der Waals surface area contributed by atoms with Crippen molar-refractivity contribution in [3.63, 3.8) is 0 Å². The average Bonchev–Trinajstić information content (AvgIpc) is 3.00. The lowest BCUT2D eigenvalue weighted by molar-refractivity contribution is 0.643. The average molecular weight is 266 g/mol. The van der Waals surface area contributed by atoms with Crippen molar-refractivity contribution in [3.8, 4) is 5.82 Å². The predicted molar refractivity (Wildman–Crippen MR) is 80.8 cm³/mol. The normalized spacial score (nSPS) is 12.7. The summed E-state index contributed by atoms with van der Waals surface area (Å²) in [5.74, 6) is 0.921. The van der Waals surface area contributed by atoms with Gasteiger partial charge in [-0.25, -0.2) is 9.97 Å². The Balaban J connectivity index is 2.16. The van der Waals surface area contributed by atoms with Gasteiger partial charge in [-0.1, -0.05) is 25.1 Å². The van der Waals surface area contributed by atoms with Crippen molar-refractivity contribution in [3.05, 3.63) is 54.6 Å². The minimum Gasteiger partial charge on any atom is -0.327 e. The van der Waals surface area contributed by atoms with Gasteiger partial charge in [-0.3, -0.25) is 4.57 Å². The van der Waals surface area contributed by atoms with Crippen LogP contribution in [0.5, 0.6) is 0 Å². The van der Waals surface area contributed by atoms with E-state index in [9.17, 15) is 0 Å². The van der Waals surface area contributed by atoms with E-state index in [0.717, 1.165) is 35.1 Å². The zero-order valence-electron chi connectivity index (χ0n) is 11.5. The topological polar surface area (TPSA) is 56.7 Å². The lowest BCUT2D eigenvalue weighted by atomic mass is 10.0. The van der Waals surface area contributed by atoms with Crippen molar-refractivity contribution in [1.82, 2.24) is 14.5 Å². The second-order valence-corrected chi connectivity index (χ2v) is 5.01. The maximum atomic E-state index is 6.12. The van der Waals surface area contributed by atoms with Crippen LogP contribution in [0, 0.1) is 0 Å². The summed E-state index contributed by atoms with van der Waals surface area (Å²) >= 11 is 0. The van der Waals surface area contributed by atoms with Crippen LogP contribution in [0.3, 0.4) is 0 Å². The Kier molecular flexibility index (Phi) is 3.48. The third kappa shape index (κ3) is 2.42. The van der Waals surface area contributed by atoms with Crippen LogP contribution in [0.25, 0.3) is 16.7 Å². The van der Waals surface area contributed by atoms with Crippen LogP contribution in [-0.4, -0.2) is 20.6 Å². The quantitative estimate of drug-likeness (QED) is 0.790. The first-order chi connectivity index (χ1) is 9.78. The van der Waals surface area contributed by atoms with Crippen molar-refractivity contribution >= 4 is 10.9 Å². The Morgan fingerprint density at radius 1 is 1.30 bits per heavy atom. The van der Waals surface area contributed by atoms with E-state index < -0.39 is 0 Å². The number of nitrogens with zero attached hydrogens (tertiary/aromatic N) is 3. The Labute approximate surface area is 118 Å². The van der Waals surface area contributed by atoms with Gasteiger partial charge in [-0.15, -0.1) is 0 Å². The van der Waals surface area contributed by atoms with Crippen molar-refractivity contribution in [1.29, 1.82) is 0 Å². The van der Waals surface area contributed by atoms with E-state index in [-0.39, 0.29) is 6.04 Å². The van der Waals surface area contributed by atoms with Crippen LogP contribution in [0.15, 0.2) is 49.1 Å². The summed E-state index contributed by atoms with van der Waals surface area (Å²) in [7, 11) is 0. The molecule has 4 nitrogen and oxygen atoms in total. The highest BCUT2D eigenvalue weighted by Crippen LogP contribution is 2.21. The molecule has 1 aromatic carbocycles. The molecular formula is C16H18N4. The van der Waals surface area contributed by atoms with E-state index in [1.807, 2.05) is 29.0 Å². The number of imidazole rings is 1. The van der Waals surface area contributed by atoms with Crippen LogP contribution in [0.2, 0.25) is 0 Å². The predicted octanol–water partition coefficient (Wildman–Crippen LogP) is 2.70. The first-order valence-corrected chi connectivity index (χ1v) is 6.90. The Morgan fingerprint density at radius 2 is 2.15 bits per heavy atom. The van der Waals surface area contributed by atoms with E-state index >= 15 is 0 Å². The Bertz CT molecular complexity index is 704. The first kappa shape index (κ1) is 12.8. The summed E-state index contributed by atoms with van der Waals surface area (Å²) in [6.07, 6.45) is 7.23.